The molecule has 1 heterocycles. The van der Waals surface area contributed by atoms with Crippen molar-refractivity contribution in [2.45, 2.75) is 6.18 Å². The van der Waals surface area contributed by atoms with E-state index in [1.54, 1.807) is 7.11 Å². The van der Waals surface area contributed by atoms with Gasteiger partial charge in [0.2, 0.25) is 0 Å². The Morgan fingerprint density at radius 3 is 2.24 bits per heavy atom. The normalized spacial score (nSPS) is 14.5. The fraction of sp³-hybridized carbons (Fsp3) is 0.300. The molecule has 0 saturated carbocycles. The number of hydrogen-bond acceptors (Lipinski definition) is 4. The third-order valence-corrected chi connectivity index (χ3v) is 4.65. The molecule has 0 spiro atoms. The van der Waals surface area contributed by atoms with Gasteiger partial charge in [-0.1, -0.05) is 6.07 Å². The summed E-state index contributed by atoms with van der Waals surface area (Å²) < 4.78 is 43.5. The summed E-state index contributed by atoms with van der Waals surface area (Å²) >= 11 is 0. The Balaban J connectivity index is 1.56. The zero-order valence-electron chi connectivity index (χ0n) is 15.7. The molecular formula is C20H20F3N3O3. The van der Waals surface area contributed by atoms with Crippen molar-refractivity contribution in [2.75, 3.05) is 43.5 Å². The molecule has 0 aromatic heterocycles. The van der Waals surface area contributed by atoms with E-state index in [-0.39, 0.29) is 5.69 Å². The molecule has 29 heavy (non-hydrogen) atoms. The maximum Gasteiger partial charge on any atom is 0.416 e. The summed E-state index contributed by atoms with van der Waals surface area (Å²) in [5, 5.41) is 2.25. The summed E-state index contributed by atoms with van der Waals surface area (Å²) in [6, 6.07) is 11.7. The van der Waals surface area contributed by atoms with Crippen LogP contribution in [0.2, 0.25) is 0 Å². The highest BCUT2D eigenvalue weighted by Gasteiger charge is 2.31. The molecule has 1 fully saturated rings. The van der Waals surface area contributed by atoms with Crippen molar-refractivity contribution in [1.29, 1.82) is 0 Å². The summed E-state index contributed by atoms with van der Waals surface area (Å²) in [6.07, 6.45) is -4.53. The van der Waals surface area contributed by atoms with Crippen molar-refractivity contribution >= 4 is 23.2 Å². The topological polar surface area (TPSA) is 61.9 Å². The first kappa shape index (κ1) is 20.5. The number of nitrogens with zero attached hydrogens (tertiary/aromatic N) is 2. The van der Waals surface area contributed by atoms with Crippen molar-refractivity contribution in [2.24, 2.45) is 0 Å². The number of benzene rings is 2. The van der Waals surface area contributed by atoms with Crippen LogP contribution in [0.3, 0.4) is 0 Å². The molecule has 3 rings (SSSR count). The van der Waals surface area contributed by atoms with E-state index in [1.807, 2.05) is 24.3 Å². The monoisotopic (exact) mass is 407 g/mol. The van der Waals surface area contributed by atoms with Gasteiger partial charge in [0.05, 0.1) is 12.7 Å². The fourth-order valence-corrected chi connectivity index (χ4v) is 3.06. The van der Waals surface area contributed by atoms with Crippen molar-refractivity contribution in [3.8, 4) is 5.75 Å². The highest BCUT2D eigenvalue weighted by Crippen LogP contribution is 2.30. The minimum Gasteiger partial charge on any atom is -0.497 e. The second kappa shape index (κ2) is 8.42. The van der Waals surface area contributed by atoms with Gasteiger partial charge < -0.3 is 19.9 Å². The van der Waals surface area contributed by atoms with E-state index in [2.05, 4.69) is 10.2 Å². The molecule has 1 aliphatic heterocycles. The highest BCUT2D eigenvalue weighted by atomic mass is 19.4. The number of piperazine rings is 1. The van der Waals surface area contributed by atoms with Crippen LogP contribution >= 0.6 is 0 Å². The minimum absolute atomic E-state index is 0.0740. The van der Waals surface area contributed by atoms with E-state index in [0.717, 1.165) is 23.6 Å². The lowest BCUT2D eigenvalue weighted by Crippen LogP contribution is -2.51. The van der Waals surface area contributed by atoms with Crippen LogP contribution < -0.4 is 15.0 Å². The van der Waals surface area contributed by atoms with Gasteiger partial charge in [-0.15, -0.1) is 0 Å². The number of anilines is 2. The molecule has 0 atom stereocenters. The van der Waals surface area contributed by atoms with Gasteiger partial charge in [-0.3, -0.25) is 9.59 Å². The van der Waals surface area contributed by atoms with Crippen LogP contribution in [-0.2, 0) is 15.8 Å². The molecule has 0 unspecified atom stereocenters. The Morgan fingerprint density at radius 1 is 1.00 bits per heavy atom. The average Bonchev–Trinajstić information content (AvgIpc) is 2.73. The zero-order chi connectivity index (χ0) is 21.0. The van der Waals surface area contributed by atoms with Gasteiger partial charge in [-0.2, -0.15) is 13.2 Å². The number of alkyl halides is 3. The Morgan fingerprint density at radius 2 is 1.66 bits per heavy atom. The number of nitrogens with one attached hydrogen (secondary N) is 1. The molecule has 2 aromatic rings. The number of halogens is 3. The molecule has 2 aromatic carbocycles. The fourth-order valence-electron chi connectivity index (χ4n) is 3.06. The second-order valence-corrected chi connectivity index (χ2v) is 6.51. The van der Waals surface area contributed by atoms with Crippen molar-refractivity contribution < 1.29 is 27.5 Å². The number of methoxy groups -OCH3 is 1. The summed E-state index contributed by atoms with van der Waals surface area (Å²) in [4.78, 5) is 28.0. The van der Waals surface area contributed by atoms with Gasteiger partial charge in [-0.25, -0.2) is 0 Å². The van der Waals surface area contributed by atoms with Crippen LogP contribution in [-0.4, -0.2) is 50.0 Å². The summed E-state index contributed by atoms with van der Waals surface area (Å²) in [5.41, 5.74) is 0.0113. The molecule has 154 valence electrons. The second-order valence-electron chi connectivity index (χ2n) is 6.51. The van der Waals surface area contributed by atoms with Gasteiger partial charge in [0.1, 0.15) is 5.75 Å². The quantitative estimate of drug-likeness (QED) is 0.795. The Kier molecular flexibility index (Phi) is 5.95. The minimum atomic E-state index is -4.53. The van der Waals surface area contributed by atoms with Crippen molar-refractivity contribution in [3.63, 3.8) is 0 Å². The molecule has 1 saturated heterocycles. The maximum atomic E-state index is 12.8. The first-order valence-corrected chi connectivity index (χ1v) is 8.94. The Hall–Kier alpha value is -3.23. The number of ether oxygens (including phenoxy) is 1. The smallest absolute Gasteiger partial charge is 0.416 e. The average molecular weight is 407 g/mol. The molecule has 6 nitrogen and oxygen atoms in total. The Bertz CT molecular complexity index is 877. The molecular weight excluding hydrogens is 387 g/mol. The van der Waals surface area contributed by atoms with E-state index in [9.17, 15) is 22.8 Å². The predicted molar refractivity (Wildman–Crippen MR) is 102 cm³/mol. The molecule has 0 aliphatic carbocycles. The lowest BCUT2D eigenvalue weighted by atomic mass is 10.2. The molecule has 2 amide bonds. The molecule has 0 radical (unpaired) electrons. The van der Waals surface area contributed by atoms with Crippen LogP contribution in [0.15, 0.2) is 48.5 Å². The SMILES string of the molecule is COc1ccc(N2CCN(C(=O)C(=O)Nc3cccc(C(F)(F)F)c3)CC2)cc1. The molecule has 1 N–H and O–H groups in total. The molecule has 9 heteroatoms. The van der Waals surface area contributed by atoms with Gasteiger partial charge in [0.25, 0.3) is 0 Å². The van der Waals surface area contributed by atoms with Crippen LogP contribution in [0.4, 0.5) is 24.5 Å². The van der Waals surface area contributed by atoms with E-state index < -0.39 is 23.6 Å². The van der Waals surface area contributed by atoms with Gasteiger partial charge in [-0.05, 0) is 42.5 Å². The van der Waals surface area contributed by atoms with E-state index in [4.69, 9.17) is 4.74 Å². The largest absolute Gasteiger partial charge is 0.497 e. The standard InChI is InChI=1S/C20H20F3N3O3/c1-29-17-7-5-16(6-8-17)25-9-11-26(12-10-25)19(28)18(27)24-15-4-2-3-14(13-15)20(21,22)23/h2-8,13H,9-12H2,1H3,(H,24,27). The summed E-state index contributed by atoms with van der Waals surface area (Å²) in [7, 11) is 1.59. The van der Waals surface area contributed by atoms with Crippen LogP contribution in [0.25, 0.3) is 0 Å². The van der Waals surface area contributed by atoms with Crippen LogP contribution in [0.1, 0.15) is 5.56 Å². The zero-order valence-corrected chi connectivity index (χ0v) is 15.7. The first-order chi connectivity index (χ1) is 13.8. The first-order valence-electron chi connectivity index (χ1n) is 8.94. The summed E-state index contributed by atoms with van der Waals surface area (Å²) in [5.74, 6) is -0.979. The Labute approximate surface area is 165 Å². The van der Waals surface area contributed by atoms with E-state index in [0.29, 0.717) is 26.2 Å². The highest BCUT2D eigenvalue weighted by molar-refractivity contribution is 6.39. The lowest BCUT2D eigenvalue weighted by Gasteiger charge is -2.35. The number of carbonyl (C=O) groups is 2. The van der Waals surface area contributed by atoms with Gasteiger partial charge in [0.15, 0.2) is 0 Å². The van der Waals surface area contributed by atoms with Crippen LogP contribution in [0.5, 0.6) is 5.75 Å². The third kappa shape index (κ3) is 4.98. The molecule has 0 bridgehead atoms. The van der Waals surface area contributed by atoms with Crippen molar-refractivity contribution in [1.82, 2.24) is 4.90 Å². The van der Waals surface area contributed by atoms with Gasteiger partial charge in [0, 0.05) is 37.6 Å². The molecule has 1 aliphatic rings. The third-order valence-electron chi connectivity index (χ3n) is 4.65. The number of rotatable bonds is 3. The number of carbonyl (C=O) groups excluding carboxylic acids is 2. The number of hydrogen-bond donors (Lipinski definition) is 1. The van der Waals surface area contributed by atoms with Gasteiger partial charge >= 0.3 is 18.0 Å². The lowest BCUT2D eigenvalue weighted by molar-refractivity contribution is -0.143. The summed E-state index contributed by atoms with van der Waals surface area (Å²) in [6.45, 7) is 1.74. The van der Waals surface area contributed by atoms with E-state index >= 15 is 0 Å². The van der Waals surface area contributed by atoms with Crippen molar-refractivity contribution in [3.05, 3.63) is 54.1 Å². The number of amides is 2. The van der Waals surface area contributed by atoms with E-state index in [1.165, 1.54) is 17.0 Å². The van der Waals surface area contributed by atoms with Crippen LogP contribution in [0, 0.1) is 0 Å². The maximum absolute atomic E-state index is 12.8. The predicted octanol–water partition coefficient (Wildman–Crippen LogP) is 3.00.